The average Bonchev–Trinajstić information content (AvgIpc) is 2.81. The van der Waals surface area contributed by atoms with E-state index in [0.29, 0.717) is 12.1 Å². The number of nitrogens with two attached hydrogens (primary N) is 1. The Bertz CT molecular complexity index is 899. The van der Waals surface area contributed by atoms with Gasteiger partial charge in [-0.15, -0.1) is 0 Å². The third-order valence-corrected chi connectivity index (χ3v) is 4.21. The fraction of sp³-hybridized carbons (Fsp3) is 0.211. The van der Waals surface area contributed by atoms with Crippen LogP contribution in [0, 0.1) is 0 Å². The van der Waals surface area contributed by atoms with Gasteiger partial charge >= 0.3 is 18.0 Å². The van der Waals surface area contributed by atoms with E-state index in [2.05, 4.69) is 0 Å². The van der Waals surface area contributed by atoms with E-state index in [4.69, 9.17) is 26.2 Å². The number of carbonyl (C=O) groups excluding carboxylic acids is 1. The van der Waals surface area contributed by atoms with E-state index in [1.807, 2.05) is 42.5 Å². The average molecular weight is 404 g/mol. The zero-order chi connectivity index (χ0) is 21.7. The number of primary amides is 1. The predicted molar refractivity (Wildman–Crippen MR) is 101 cm³/mol. The van der Waals surface area contributed by atoms with Crippen LogP contribution < -0.4 is 10.6 Å². The molecule has 7 N–H and O–H groups in total. The van der Waals surface area contributed by atoms with Gasteiger partial charge < -0.3 is 31.3 Å². The monoisotopic (exact) mass is 404 g/mol. The third-order valence-electron chi connectivity index (χ3n) is 4.21. The van der Waals surface area contributed by atoms with Crippen LogP contribution in [0.15, 0.2) is 48.5 Å². The molecule has 3 rings (SSSR count). The molecule has 1 aliphatic rings. The van der Waals surface area contributed by atoms with E-state index in [0.717, 1.165) is 16.8 Å². The minimum atomic E-state index is -2.27. The number of urea groups is 1. The SMILES string of the molecule is NC(=O)N1c2ccccc2C[C@H](O)c2ccccc21.O=C(O)C(O)C(O)C(=O)O. The van der Waals surface area contributed by atoms with Crippen molar-refractivity contribution in [3.63, 3.8) is 0 Å². The van der Waals surface area contributed by atoms with Crippen molar-refractivity contribution in [2.75, 3.05) is 4.90 Å². The number of hydrogen-bond donors (Lipinski definition) is 6. The Hall–Kier alpha value is -3.47. The van der Waals surface area contributed by atoms with Crippen molar-refractivity contribution >= 4 is 29.3 Å². The lowest BCUT2D eigenvalue weighted by Crippen LogP contribution is -2.39. The maximum absolute atomic E-state index is 11.8. The number of anilines is 2. The number of carboxylic acid groups (broad SMARTS) is 2. The first kappa shape index (κ1) is 21.8. The summed E-state index contributed by atoms with van der Waals surface area (Å²) in [5.74, 6) is -3.54. The van der Waals surface area contributed by atoms with Crippen LogP contribution in [0.4, 0.5) is 16.2 Å². The fourth-order valence-corrected chi connectivity index (χ4v) is 2.83. The first-order valence-electron chi connectivity index (χ1n) is 8.41. The number of carbonyl (C=O) groups is 3. The summed E-state index contributed by atoms with van der Waals surface area (Å²) in [7, 11) is 0. The summed E-state index contributed by atoms with van der Waals surface area (Å²) in [4.78, 5) is 32.8. The number of fused-ring (bicyclic) bond motifs is 2. The van der Waals surface area contributed by atoms with Crippen molar-refractivity contribution in [3.05, 3.63) is 59.7 Å². The van der Waals surface area contributed by atoms with Crippen molar-refractivity contribution in [1.82, 2.24) is 0 Å². The molecule has 2 amide bonds. The highest BCUT2D eigenvalue weighted by molar-refractivity contribution is 6.00. The Kier molecular flexibility index (Phi) is 6.89. The van der Waals surface area contributed by atoms with Crippen LogP contribution in [-0.4, -0.2) is 55.7 Å². The number of benzene rings is 2. The number of aliphatic carboxylic acids is 2. The number of para-hydroxylation sites is 2. The Morgan fingerprint density at radius 1 is 0.897 bits per heavy atom. The maximum Gasteiger partial charge on any atom is 0.335 e. The second kappa shape index (κ2) is 9.15. The molecular formula is C19H20N2O8. The molecule has 29 heavy (non-hydrogen) atoms. The minimum absolute atomic E-state index is 0.469. The quantitative estimate of drug-likeness (QED) is 0.424. The standard InChI is InChI=1S/C15H14N2O2.C4H6O6/c16-15(19)17-12-7-3-1-5-10(12)9-14(18)11-6-2-4-8-13(11)17;5-1(3(7)8)2(6)4(9)10/h1-8,14,18H,9H2,(H2,16,19);1-2,5-6H,(H,7,8)(H,9,10)/t14-;/m0./s1. The molecule has 0 saturated carbocycles. The second-order valence-electron chi connectivity index (χ2n) is 6.15. The second-order valence-corrected chi connectivity index (χ2v) is 6.15. The molecule has 2 aromatic carbocycles. The minimum Gasteiger partial charge on any atom is -0.479 e. The van der Waals surface area contributed by atoms with Gasteiger partial charge in [0, 0.05) is 12.0 Å². The summed E-state index contributed by atoms with van der Waals surface area (Å²) in [5, 5.41) is 42.8. The highest BCUT2D eigenvalue weighted by Crippen LogP contribution is 2.39. The molecule has 0 aromatic heterocycles. The molecule has 3 atom stereocenters. The number of amides is 2. The van der Waals surface area contributed by atoms with Crippen LogP contribution in [0.2, 0.25) is 0 Å². The van der Waals surface area contributed by atoms with Gasteiger partial charge in [0.1, 0.15) is 0 Å². The third kappa shape index (κ3) is 4.88. The fourth-order valence-electron chi connectivity index (χ4n) is 2.83. The van der Waals surface area contributed by atoms with Gasteiger partial charge in [-0.3, -0.25) is 4.90 Å². The van der Waals surface area contributed by atoms with Gasteiger partial charge in [-0.05, 0) is 17.7 Å². The number of rotatable bonds is 3. The number of aliphatic hydroxyl groups is 3. The van der Waals surface area contributed by atoms with Gasteiger partial charge in [0.2, 0.25) is 0 Å². The zero-order valence-electron chi connectivity index (χ0n) is 15.0. The molecule has 0 fully saturated rings. The van der Waals surface area contributed by atoms with Crippen molar-refractivity contribution in [2.45, 2.75) is 24.7 Å². The molecule has 10 nitrogen and oxygen atoms in total. The Morgan fingerprint density at radius 3 is 1.90 bits per heavy atom. The van der Waals surface area contributed by atoms with Crippen LogP contribution in [0.1, 0.15) is 17.2 Å². The lowest BCUT2D eigenvalue weighted by atomic mass is 10.0. The summed E-state index contributed by atoms with van der Waals surface area (Å²) >= 11 is 0. The van der Waals surface area contributed by atoms with Crippen molar-refractivity contribution < 1.29 is 39.9 Å². The summed E-state index contributed by atoms with van der Waals surface area (Å²) in [5.41, 5.74) is 8.53. The highest BCUT2D eigenvalue weighted by Gasteiger charge is 2.29. The smallest absolute Gasteiger partial charge is 0.335 e. The van der Waals surface area contributed by atoms with Crippen molar-refractivity contribution in [2.24, 2.45) is 5.73 Å². The van der Waals surface area contributed by atoms with Gasteiger partial charge in [0.05, 0.1) is 17.5 Å². The summed E-state index contributed by atoms with van der Waals surface area (Å²) in [6.45, 7) is 0. The van der Waals surface area contributed by atoms with Crippen LogP contribution >= 0.6 is 0 Å². The summed E-state index contributed by atoms with van der Waals surface area (Å²) in [6, 6.07) is 14.2. The number of nitrogens with zero attached hydrogens (tertiary/aromatic N) is 1. The molecule has 1 heterocycles. The van der Waals surface area contributed by atoms with Crippen LogP contribution in [0.25, 0.3) is 0 Å². The van der Waals surface area contributed by atoms with E-state index in [9.17, 15) is 19.5 Å². The largest absolute Gasteiger partial charge is 0.479 e. The van der Waals surface area contributed by atoms with Crippen molar-refractivity contribution in [3.8, 4) is 0 Å². The molecule has 154 valence electrons. The number of aliphatic hydroxyl groups excluding tert-OH is 3. The zero-order valence-corrected chi connectivity index (χ0v) is 15.0. The lowest BCUT2D eigenvalue weighted by Gasteiger charge is -2.22. The number of carboxylic acids is 2. The molecule has 2 aromatic rings. The lowest BCUT2D eigenvalue weighted by molar-refractivity contribution is -0.165. The Labute approximate surface area is 165 Å². The molecule has 0 bridgehead atoms. The molecule has 1 aliphatic heterocycles. The maximum atomic E-state index is 11.8. The normalized spacial score (nSPS) is 16.8. The molecule has 0 aliphatic carbocycles. The molecule has 2 unspecified atom stereocenters. The Balaban J connectivity index is 0.000000257. The molecular weight excluding hydrogens is 384 g/mol. The van der Waals surface area contributed by atoms with E-state index in [1.165, 1.54) is 4.90 Å². The summed E-state index contributed by atoms with van der Waals surface area (Å²) < 4.78 is 0. The highest BCUT2D eigenvalue weighted by atomic mass is 16.4. The Morgan fingerprint density at radius 2 is 1.38 bits per heavy atom. The summed E-state index contributed by atoms with van der Waals surface area (Å²) in [6.07, 6.45) is -4.70. The molecule has 0 saturated heterocycles. The van der Waals surface area contributed by atoms with E-state index < -0.39 is 36.3 Å². The molecule has 10 heteroatoms. The predicted octanol–water partition coefficient (Wildman–Crippen LogP) is 0.370. The van der Waals surface area contributed by atoms with Crippen LogP contribution in [-0.2, 0) is 16.0 Å². The van der Waals surface area contributed by atoms with E-state index in [-0.39, 0.29) is 0 Å². The van der Waals surface area contributed by atoms with Crippen molar-refractivity contribution in [1.29, 1.82) is 0 Å². The van der Waals surface area contributed by atoms with E-state index in [1.54, 1.807) is 6.07 Å². The van der Waals surface area contributed by atoms with Crippen LogP contribution in [0.5, 0.6) is 0 Å². The van der Waals surface area contributed by atoms with Gasteiger partial charge in [0.15, 0.2) is 12.2 Å². The number of hydrogen-bond acceptors (Lipinski definition) is 6. The molecule has 0 spiro atoms. The topological polar surface area (TPSA) is 182 Å². The van der Waals surface area contributed by atoms with Gasteiger partial charge in [0.25, 0.3) is 0 Å². The first-order chi connectivity index (χ1) is 13.6. The molecule has 0 radical (unpaired) electrons. The van der Waals surface area contributed by atoms with Gasteiger partial charge in [-0.2, -0.15) is 0 Å². The van der Waals surface area contributed by atoms with E-state index >= 15 is 0 Å². The van der Waals surface area contributed by atoms with Crippen LogP contribution in [0.3, 0.4) is 0 Å². The van der Waals surface area contributed by atoms with Gasteiger partial charge in [-0.25, -0.2) is 14.4 Å². The van der Waals surface area contributed by atoms with Gasteiger partial charge in [-0.1, -0.05) is 36.4 Å². The first-order valence-corrected chi connectivity index (χ1v) is 8.41.